The zero-order chi connectivity index (χ0) is 9.97. The Kier molecular flexibility index (Phi) is 2.31. The van der Waals surface area contributed by atoms with Crippen LogP contribution in [-0.4, -0.2) is 18.2 Å². The molecule has 1 aliphatic heterocycles. The van der Waals surface area contributed by atoms with Gasteiger partial charge in [0.2, 0.25) is 5.91 Å². The molecule has 0 radical (unpaired) electrons. The molecule has 0 aromatic heterocycles. The average molecular weight is 189 g/mol. The predicted octanol–water partition coefficient (Wildman–Crippen LogP) is 1.01. The van der Waals surface area contributed by atoms with Crippen LogP contribution < -0.4 is 5.32 Å². The summed E-state index contributed by atoms with van der Waals surface area (Å²) >= 11 is 0. The van der Waals surface area contributed by atoms with E-state index in [9.17, 15) is 9.59 Å². The van der Waals surface area contributed by atoms with Crippen LogP contribution in [0.25, 0.3) is 0 Å². The molecule has 1 unspecified atom stereocenters. The van der Waals surface area contributed by atoms with Gasteiger partial charge >= 0.3 is 0 Å². The minimum atomic E-state index is -0.176. The van der Waals surface area contributed by atoms with E-state index < -0.39 is 0 Å². The molecule has 0 spiro atoms. The molecule has 1 aromatic carbocycles. The Morgan fingerprint density at radius 2 is 2.00 bits per heavy atom. The fraction of sp³-hybridized carbons (Fsp3) is 0.273. The van der Waals surface area contributed by atoms with Crippen LogP contribution >= 0.6 is 0 Å². The van der Waals surface area contributed by atoms with Crippen molar-refractivity contribution in [1.82, 2.24) is 5.32 Å². The zero-order valence-corrected chi connectivity index (χ0v) is 7.69. The minimum Gasteiger partial charge on any atom is -0.355 e. The summed E-state index contributed by atoms with van der Waals surface area (Å²) in [5, 5.41) is 2.66. The Morgan fingerprint density at radius 1 is 1.29 bits per heavy atom. The SMILES string of the molecule is O=C1CC(C(=O)c2ccccc2)CN1. The van der Waals surface area contributed by atoms with E-state index in [1.54, 1.807) is 12.1 Å². The molecule has 1 fully saturated rings. The molecule has 1 saturated heterocycles. The first-order valence-electron chi connectivity index (χ1n) is 4.63. The van der Waals surface area contributed by atoms with Crippen LogP contribution in [-0.2, 0) is 4.79 Å². The van der Waals surface area contributed by atoms with E-state index in [1.165, 1.54) is 0 Å². The van der Waals surface area contributed by atoms with Gasteiger partial charge in [0.1, 0.15) is 0 Å². The monoisotopic (exact) mass is 189 g/mol. The first kappa shape index (κ1) is 8.94. The smallest absolute Gasteiger partial charge is 0.220 e. The summed E-state index contributed by atoms with van der Waals surface area (Å²) in [4.78, 5) is 22.7. The maximum atomic E-state index is 11.8. The van der Waals surface area contributed by atoms with Gasteiger partial charge in [0.05, 0.1) is 0 Å². The Balaban J connectivity index is 2.13. The second-order valence-corrected chi connectivity index (χ2v) is 3.44. The van der Waals surface area contributed by atoms with Crippen LogP contribution in [0.3, 0.4) is 0 Å². The number of nitrogens with one attached hydrogen (secondary N) is 1. The largest absolute Gasteiger partial charge is 0.355 e. The lowest BCUT2D eigenvalue weighted by Crippen LogP contribution is -2.18. The summed E-state index contributed by atoms with van der Waals surface area (Å²) in [6.07, 6.45) is 0.327. The van der Waals surface area contributed by atoms with Gasteiger partial charge < -0.3 is 5.32 Å². The van der Waals surface area contributed by atoms with E-state index in [2.05, 4.69) is 5.32 Å². The molecular weight excluding hydrogens is 178 g/mol. The highest BCUT2D eigenvalue weighted by molar-refractivity contribution is 6.01. The van der Waals surface area contributed by atoms with Crippen molar-refractivity contribution in [2.45, 2.75) is 6.42 Å². The number of hydrogen-bond acceptors (Lipinski definition) is 2. The van der Waals surface area contributed by atoms with E-state index in [4.69, 9.17) is 0 Å². The van der Waals surface area contributed by atoms with Crippen molar-refractivity contribution in [3.8, 4) is 0 Å². The Morgan fingerprint density at radius 3 is 2.57 bits per heavy atom. The highest BCUT2D eigenvalue weighted by atomic mass is 16.2. The van der Waals surface area contributed by atoms with Gasteiger partial charge in [-0.3, -0.25) is 9.59 Å². The van der Waals surface area contributed by atoms with Crippen LogP contribution in [0.1, 0.15) is 16.8 Å². The summed E-state index contributed by atoms with van der Waals surface area (Å²) in [7, 11) is 0. The van der Waals surface area contributed by atoms with Gasteiger partial charge in [-0.1, -0.05) is 30.3 Å². The van der Waals surface area contributed by atoms with Crippen molar-refractivity contribution in [3.63, 3.8) is 0 Å². The van der Waals surface area contributed by atoms with Crippen LogP contribution in [0.15, 0.2) is 30.3 Å². The van der Waals surface area contributed by atoms with Crippen LogP contribution in [0.4, 0.5) is 0 Å². The fourth-order valence-electron chi connectivity index (χ4n) is 1.63. The number of Topliss-reactive ketones (excluding diaryl/α,β-unsaturated/α-hetero) is 1. The topological polar surface area (TPSA) is 46.2 Å². The van der Waals surface area contributed by atoms with Gasteiger partial charge in [0.15, 0.2) is 5.78 Å². The second-order valence-electron chi connectivity index (χ2n) is 3.44. The average Bonchev–Trinajstić information content (AvgIpc) is 2.65. The summed E-state index contributed by atoms with van der Waals surface area (Å²) < 4.78 is 0. The lowest BCUT2D eigenvalue weighted by atomic mass is 9.97. The third-order valence-corrected chi connectivity index (χ3v) is 2.41. The second kappa shape index (κ2) is 3.62. The standard InChI is InChI=1S/C11H11NO2/c13-10-6-9(7-12-10)11(14)8-4-2-1-3-5-8/h1-5,9H,6-7H2,(H,12,13). The fourth-order valence-corrected chi connectivity index (χ4v) is 1.63. The molecule has 0 aliphatic carbocycles. The molecule has 1 atom stereocenters. The number of ketones is 1. The third kappa shape index (κ3) is 1.66. The molecular formula is C11H11NO2. The highest BCUT2D eigenvalue weighted by Gasteiger charge is 2.28. The highest BCUT2D eigenvalue weighted by Crippen LogP contribution is 2.15. The molecule has 1 heterocycles. The molecule has 72 valence electrons. The third-order valence-electron chi connectivity index (χ3n) is 2.41. The summed E-state index contributed by atoms with van der Waals surface area (Å²) in [6.45, 7) is 0.479. The molecule has 14 heavy (non-hydrogen) atoms. The first-order valence-corrected chi connectivity index (χ1v) is 4.63. The summed E-state index contributed by atoms with van der Waals surface area (Å²) in [6, 6.07) is 9.10. The van der Waals surface area contributed by atoms with E-state index in [1.807, 2.05) is 18.2 Å². The molecule has 3 nitrogen and oxygen atoms in total. The quantitative estimate of drug-likeness (QED) is 0.705. The summed E-state index contributed by atoms with van der Waals surface area (Å²) in [5.74, 6) is -0.145. The minimum absolute atomic E-state index is 0.0284. The maximum Gasteiger partial charge on any atom is 0.220 e. The normalized spacial score (nSPS) is 20.6. The Hall–Kier alpha value is -1.64. The predicted molar refractivity (Wildman–Crippen MR) is 51.9 cm³/mol. The lowest BCUT2D eigenvalue weighted by Gasteiger charge is -2.05. The van der Waals surface area contributed by atoms with Crippen LogP contribution in [0, 0.1) is 5.92 Å². The maximum absolute atomic E-state index is 11.8. The molecule has 0 bridgehead atoms. The Bertz CT molecular complexity index is 359. The van der Waals surface area contributed by atoms with E-state index in [-0.39, 0.29) is 17.6 Å². The van der Waals surface area contributed by atoms with Crippen molar-refractivity contribution in [2.75, 3.05) is 6.54 Å². The lowest BCUT2D eigenvalue weighted by molar-refractivity contribution is -0.119. The van der Waals surface area contributed by atoms with Crippen LogP contribution in [0.5, 0.6) is 0 Å². The first-order chi connectivity index (χ1) is 6.77. The number of rotatable bonds is 2. The van der Waals surface area contributed by atoms with Crippen molar-refractivity contribution in [1.29, 1.82) is 0 Å². The number of carbonyl (C=O) groups is 2. The molecule has 2 rings (SSSR count). The summed E-state index contributed by atoms with van der Waals surface area (Å²) in [5.41, 5.74) is 0.689. The van der Waals surface area contributed by atoms with Crippen molar-refractivity contribution >= 4 is 11.7 Å². The number of benzene rings is 1. The van der Waals surface area contributed by atoms with Gasteiger partial charge in [0, 0.05) is 24.4 Å². The van der Waals surface area contributed by atoms with Gasteiger partial charge in [-0.15, -0.1) is 0 Å². The number of carbonyl (C=O) groups excluding carboxylic acids is 2. The van der Waals surface area contributed by atoms with Gasteiger partial charge in [-0.2, -0.15) is 0 Å². The molecule has 1 aromatic rings. The number of hydrogen-bond donors (Lipinski definition) is 1. The van der Waals surface area contributed by atoms with Crippen molar-refractivity contribution < 1.29 is 9.59 Å². The van der Waals surface area contributed by atoms with Gasteiger partial charge in [0.25, 0.3) is 0 Å². The van der Waals surface area contributed by atoms with Crippen LogP contribution in [0.2, 0.25) is 0 Å². The van der Waals surface area contributed by atoms with Crippen molar-refractivity contribution in [2.24, 2.45) is 5.92 Å². The zero-order valence-electron chi connectivity index (χ0n) is 7.69. The molecule has 1 N–H and O–H groups in total. The van der Waals surface area contributed by atoms with Gasteiger partial charge in [-0.25, -0.2) is 0 Å². The van der Waals surface area contributed by atoms with E-state index in [0.29, 0.717) is 18.5 Å². The Labute approximate surface area is 82.1 Å². The molecule has 0 saturated carbocycles. The van der Waals surface area contributed by atoms with E-state index >= 15 is 0 Å². The molecule has 3 heteroatoms. The van der Waals surface area contributed by atoms with Crippen molar-refractivity contribution in [3.05, 3.63) is 35.9 Å². The van der Waals surface area contributed by atoms with E-state index in [0.717, 1.165) is 0 Å². The van der Waals surface area contributed by atoms with Gasteiger partial charge in [-0.05, 0) is 0 Å². The number of amides is 1. The molecule has 1 aliphatic rings. The molecule has 1 amide bonds.